The first-order valence-corrected chi connectivity index (χ1v) is 8.24. The summed E-state index contributed by atoms with van der Waals surface area (Å²) in [5.41, 5.74) is 0.295. The number of hydrogen-bond acceptors (Lipinski definition) is 2. The van der Waals surface area contributed by atoms with Crippen molar-refractivity contribution in [3.63, 3.8) is 0 Å². The first-order chi connectivity index (χ1) is 9.23. The molecule has 20 heavy (non-hydrogen) atoms. The molecule has 0 bridgehead atoms. The molecule has 0 radical (unpaired) electrons. The van der Waals surface area contributed by atoms with Gasteiger partial charge in [-0.2, -0.15) is 0 Å². The van der Waals surface area contributed by atoms with Gasteiger partial charge in [0.25, 0.3) is 0 Å². The smallest absolute Gasteiger partial charge is 0.222 e. The van der Waals surface area contributed by atoms with Gasteiger partial charge in [0.05, 0.1) is 0 Å². The van der Waals surface area contributed by atoms with Crippen molar-refractivity contribution in [3.8, 4) is 0 Å². The zero-order valence-corrected chi connectivity index (χ0v) is 14.3. The molecule has 2 unspecified atom stereocenters. The standard InChI is InChI=1S/C17H34N2O/c1-7-8-16(20)19-10-14(13(2)3)9-15(11-19)18-12-17(4,5)6/h13-15,18H,7-12H2,1-6H3. The van der Waals surface area contributed by atoms with E-state index in [-0.39, 0.29) is 0 Å². The van der Waals surface area contributed by atoms with Crippen molar-refractivity contribution in [2.75, 3.05) is 19.6 Å². The van der Waals surface area contributed by atoms with E-state index in [9.17, 15) is 4.79 Å². The summed E-state index contributed by atoms with van der Waals surface area (Å²) < 4.78 is 0. The predicted molar refractivity (Wildman–Crippen MR) is 85.7 cm³/mol. The van der Waals surface area contributed by atoms with Gasteiger partial charge in [0.15, 0.2) is 0 Å². The van der Waals surface area contributed by atoms with E-state index in [1.54, 1.807) is 0 Å². The molecule has 1 fully saturated rings. The highest BCUT2D eigenvalue weighted by molar-refractivity contribution is 5.76. The van der Waals surface area contributed by atoms with E-state index in [1.165, 1.54) is 6.42 Å². The van der Waals surface area contributed by atoms with Crippen LogP contribution in [0.5, 0.6) is 0 Å². The van der Waals surface area contributed by atoms with E-state index in [4.69, 9.17) is 0 Å². The summed E-state index contributed by atoms with van der Waals surface area (Å²) in [6.07, 6.45) is 2.84. The van der Waals surface area contributed by atoms with Crippen LogP contribution in [-0.2, 0) is 4.79 Å². The highest BCUT2D eigenvalue weighted by Gasteiger charge is 2.31. The maximum Gasteiger partial charge on any atom is 0.222 e. The van der Waals surface area contributed by atoms with Gasteiger partial charge in [0, 0.05) is 32.1 Å². The molecule has 1 rings (SSSR count). The van der Waals surface area contributed by atoms with Crippen molar-refractivity contribution in [2.24, 2.45) is 17.3 Å². The number of piperidine rings is 1. The molecule has 1 N–H and O–H groups in total. The van der Waals surface area contributed by atoms with Gasteiger partial charge >= 0.3 is 0 Å². The second kappa shape index (κ2) is 7.44. The highest BCUT2D eigenvalue weighted by Crippen LogP contribution is 2.25. The molecule has 0 aromatic carbocycles. The lowest BCUT2D eigenvalue weighted by Crippen LogP contribution is -2.53. The van der Waals surface area contributed by atoms with Crippen molar-refractivity contribution < 1.29 is 4.79 Å². The normalized spacial score (nSPS) is 24.2. The van der Waals surface area contributed by atoms with Crippen molar-refractivity contribution in [2.45, 2.75) is 66.8 Å². The minimum absolute atomic E-state index is 0.295. The molecular formula is C17H34N2O. The number of carbonyl (C=O) groups excluding carboxylic acids is 1. The molecule has 0 aliphatic carbocycles. The second-order valence-corrected chi connectivity index (χ2v) is 7.93. The quantitative estimate of drug-likeness (QED) is 0.839. The Morgan fingerprint density at radius 3 is 2.45 bits per heavy atom. The molecule has 0 saturated carbocycles. The summed E-state index contributed by atoms with van der Waals surface area (Å²) in [7, 11) is 0. The van der Waals surface area contributed by atoms with Gasteiger partial charge in [-0.05, 0) is 30.1 Å². The molecular weight excluding hydrogens is 248 g/mol. The summed E-state index contributed by atoms with van der Waals surface area (Å²) in [6, 6.07) is 0.455. The molecule has 3 heteroatoms. The molecule has 2 atom stereocenters. The van der Waals surface area contributed by atoms with Crippen LogP contribution in [-0.4, -0.2) is 36.5 Å². The Labute approximate surface area is 125 Å². The third kappa shape index (κ3) is 5.82. The molecule has 1 aliphatic rings. The van der Waals surface area contributed by atoms with E-state index in [2.05, 4.69) is 51.8 Å². The van der Waals surface area contributed by atoms with Crippen LogP contribution in [0, 0.1) is 17.3 Å². The maximum absolute atomic E-state index is 12.2. The average Bonchev–Trinajstić information content (AvgIpc) is 2.35. The largest absolute Gasteiger partial charge is 0.341 e. The van der Waals surface area contributed by atoms with Crippen LogP contribution < -0.4 is 5.32 Å². The van der Waals surface area contributed by atoms with Crippen LogP contribution in [0.25, 0.3) is 0 Å². The third-order valence-electron chi connectivity index (χ3n) is 4.16. The van der Waals surface area contributed by atoms with Gasteiger partial charge in [0.1, 0.15) is 0 Å². The molecule has 1 amide bonds. The maximum atomic E-state index is 12.2. The number of likely N-dealkylation sites (tertiary alicyclic amines) is 1. The fourth-order valence-electron chi connectivity index (χ4n) is 2.80. The highest BCUT2D eigenvalue weighted by atomic mass is 16.2. The minimum Gasteiger partial charge on any atom is -0.341 e. The average molecular weight is 282 g/mol. The van der Waals surface area contributed by atoms with Crippen LogP contribution in [0.2, 0.25) is 0 Å². The minimum atomic E-state index is 0.295. The molecule has 0 spiro atoms. The Bertz CT molecular complexity index is 307. The lowest BCUT2D eigenvalue weighted by molar-refractivity contribution is -0.134. The summed E-state index contributed by atoms with van der Waals surface area (Å²) in [5, 5.41) is 3.68. The zero-order valence-electron chi connectivity index (χ0n) is 14.3. The summed E-state index contributed by atoms with van der Waals surface area (Å²) in [5.74, 6) is 1.61. The van der Waals surface area contributed by atoms with Gasteiger partial charge in [-0.25, -0.2) is 0 Å². The molecule has 0 aromatic rings. The van der Waals surface area contributed by atoms with Crippen molar-refractivity contribution in [1.82, 2.24) is 10.2 Å². The molecule has 1 saturated heterocycles. The Hall–Kier alpha value is -0.570. The molecule has 1 heterocycles. The monoisotopic (exact) mass is 282 g/mol. The first kappa shape index (κ1) is 17.5. The Kier molecular flexibility index (Phi) is 6.50. The van der Waals surface area contributed by atoms with Crippen LogP contribution >= 0.6 is 0 Å². The lowest BCUT2D eigenvalue weighted by Gasteiger charge is -2.40. The number of carbonyl (C=O) groups is 1. The van der Waals surface area contributed by atoms with Crippen LogP contribution in [0.1, 0.15) is 60.8 Å². The second-order valence-electron chi connectivity index (χ2n) is 7.93. The van der Waals surface area contributed by atoms with Crippen LogP contribution in [0.4, 0.5) is 0 Å². The van der Waals surface area contributed by atoms with E-state index in [1.807, 2.05) is 0 Å². The van der Waals surface area contributed by atoms with Crippen molar-refractivity contribution in [3.05, 3.63) is 0 Å². The van der Waals surface area contributed by atoms with Crippen molar-refractivity contribution >= 4 is 5.91 Å². The topological polar surface area (TPSA) is 32.3 Å². The Morgan fingerprint density at radius 2 is 1.95 bits per heavy atom. The van der Waals surface area contributed by atoms with Gasteiger partial charge < -0.3 is 10.2 Å². The predicted octanol–water partition coefficient (Wildman–Crippen LogP) is 3.30. The van der Waals surface area contributed by atoms with E-state index < -0.39 is 0 Å². The van der Waals surface area contributed by atoms with Crippen LogP contribution in [0.3, 0.4) is 0 Å². The number of nitrogens with one attached hydrogen (secondary N) is 1. The van der Waals surface area contributed by atoms with E-state index in [0.717, 1.165) is 26.1 Å². The van der Waals surface area contributed by atoms with Gasteiger partial charge in [-0.1, -0.05) is 41.5 Å². The first-order valence-electron chi connectivity index (χ1n) is 8.24. The van der Waals surface area contributed by atoms with E-state index in [0.29, 0.717) is 35.6 Å². The molecule has 118 valence electrons. The molecule has 0 aromatic heterocycles. The lowest BCUT2D eigenvalue weighted by atomic mass is 9.85. The summed E-state index contributed by atoms with van der Waals surface area (Å²) >= 11 is 0. The number of rotatable bonds is 5. The number of hydrogen-bond donors (Lipinski definition) is 1. The Balaban J connectivity index is 2.63. The van der Waals surface area contributed by atoms with Gasteiger partial charge in [-0.15, -0.1) is 0 Å². The Morgan fingerprint density at radius 1 is 1.30 bits per heavy atom. The summed E-state index contributed by atoms with van der Waals surface area (Å²) in [4.78, 5) is 14.3. The SMILES string of the molecule is CCCC(=O)N1CC(NCC(C)(C)C)CC(C(C)C)C1. The van der Waals surface area contributed by atoms with Gasteiger partial charge in [0.2, 0.25) is 5.91 Å². The van der Waals surface area contributed by atoms with Crippen molar-refractivity contribution in [1.29, 1.82) is 0 Å². The number of amides is 1. The van der Waals surface area contributed by atoms with Crippen LogP contribution in [0.15, 0.2) is 0 Å². The summed E-state index contributed by atoms with van der Waals surface area (Å²) in [6.45, 7) is 16.2. The number of nitrogens with zero attached hydrogens (tertiary/aromatic N) is 1. The fraction of sp³-hybridized carbons (Fsp3) is 0.941. The van der Waals surface area contributed by atoms with E-state index >= 15 is 0 Å². The van der Waals surface area contributed by atoms with Gasteiger partial charge in [-0.3, -0.25) is 4.79 Å². The fourth-order valence-corrected chi connectivity index (χ4v) is 2.80. The third-order valence-corrected chi connectivity index (χ3v) is 4.16. The molecule has 1 aliphatic heterocycles. The zero-order chi connectivity index (χ0) is 15.3. The molecule has 3 nitrogen and oxygen atoms in total.